The third kappa shape index (κ3) is 3.93. The highest BCUT2D eigenvalue weighted by Crippen LogP contribution is 2.56. The number of rotatable bonds is 5. The van der Waals surface area contributed by atoms with E-state index in [0.717, 1.165) is 55.5 Å². The van der Waals surface area contributed by atoms with Crippen LogP contribution in [0.1, 0.15) is 67.3 Å². The number of pyridine rings is 1. The molecule has 0 radical (unpaired) electrons. The lowest BCUT2D eigenvalue weighted by Gasteiger charge is -2.58. The smallest absolute Gasteiger partial charge is 0.295 e. The molecule has 2 aromatic heterocycles. The molecule has 5 aliphatic carbocycles. The van der Waals surface area contributed by atoms with Gasteiger partial charge in [-0.05, 0) is 56.3 Å². The first-order chi connectivity index (χ1) is 17.8. The Morgan fingerprint density at radius 3 is 2.78 bits per heavy atom. The zero-order valence-corrected chi connectivity index (χ0v) is 20.9. The first-order valence-electron chi connectivity index (χ1n) is 13.4. The molecular weight excluding hydrogens is 472 g/mol. The van der Waals surface area contributed by atoms with Crippen molar-refractivity contribution in [2.45, 2.75) is 69.6 Å². The lowest BCUT2D eigenvalue weighted by Crippen LogP contribution is -2.59. The second kappa shape index (κ2) is 8.37. The van der Waals surface area contributed by atoms with Gasteiger partial charge in [0.05, 0.1) is 22.5 Å². The summed E-state index contributed by atoms with van der Waals surface area (Å²) in [5.74, 6) is 1.37. The summed E-state index contributed by atoms with van der Waals surface area (Å²) < 4.78 is 5.62. The van der Waals surface area contributed by atoms with Crippen molar-refractivity contribution in [3.05, 3.63) is 29.4 Å². The van der Waals surface area contributed by atoms with Crippen LogP contribution in [0.4, 0.5) is 5.69 Å². The minimum Gasteiger partial charge on any atom is -0.390 e. The molecule has 0 spiro atoms. The number of aromatic nitrogens is 3. The number of carbonyl (C=O) groups is 2. The Kier molecular flexibility index (Phi) is 5.18. The van der Waals surface area contributed by atoms with E-state index in [4.69, 9.17) is 4.52 Å². The van der Waals surface area contributed by atoms with Crippen LogP contribution in [0.3, 0.4) is 0 Å². The molecule has 37 heavy (non-hydrogen) atoms. The molecule has 3 atom stereocenters. The Morgan fingerprint density at radius 1 is 1.22 bits per heavy atom. The average molecular weight is 505 g/mol. The van der Waals surface area contributed by atoms with Crippen LogP contribution >= 0.6 is 0 Å². The molecule has 4 bridgehead atoms. The second-order valence-corrected chi connectivity index (χ2v) is 11.7. The van der Waals surface area contributed by atoms with Crippen molar-refractivity contribution in [2.75, 3.05) is 18.4 Å². The van der Waals surface area contributed by atoms with Crippen LogP contribution in [0.5, 0.6) is 0 Å². The number of fused-ring (bicyclic) bond motifs is 1. The van der Waals surface area contributed by atoms with E-state index in [9.17, 15) is 14.7 Å². The monoisotopic (exact) mass is 504 g/mol. The molecule has 2 unspecified atom stereocenters. The van der Waals surface area contributed by atoms with E-state index >= 15 is 0 Å². The van der Waals surface area contributed by atoms with Gasteiger partial charge in [0, 0.05) is 50.3 Å². The number of allylic oxidation sites excluding steroid dienone is 1. The third-order valence-corrected chi connectivity index (χ3v) is 9.08. The van der Waals surface area contributed by atoms with Crippen LogP contribution in [-0.2, 0) is 11.2 Å². The highest BCUT2D eigenvalue weighted by Gasteiger charge is 2.55. The number of nitrogens with zero attached hydrogens (tertiary/aromatic N) is 4. The minimum absolute atomic E-state index is 0.0114. The Balaban J connectivity index is 1.16. The topological polar surface area (TPSA) is 133 Å². The highest BCUT2D eigenvalue weighted by atomic mass is 16.5. The van der Waals surface area contributed by atoms with E-state index in [1.807, 2.05) is 0 Å². The Labute approximate surface area is 214 Å². The predicted octanol–water partition coefficient (Wildman–Crippen LogP) is 2.40. The SMILES string of the molecule is CC(=O)N[C@H]1CCN(C(=O)c2noc(-c3cnc4c(c3NC3C5CC6CC3CC(O)(C6)C5)C=CC4)n2)C1. The van der Waals surface area contributed by atoms with Crippen molar-refractivity contribution in [1.29, 1.82) is 0 Å². The van der Waals surface area contributed by atoms with Gasteiger partial charge in [0.2, 0.25) is 5.91 Å². The van der Waals surface area contributed by atoms with Crippen LogP contribution in [0.15, 0.2) is 16.8 Å². The van der Waals surface area contributed by atoms with Gasteiger partial charge in [0.1, 0.15) is 0 Å². The predicted molar refractivity (Wildman–Crippen MR) is 134 cm³/mol. The maximum Gasteiger partial charge on any atom is 0.295 e. The quantitative estimate of drug-likeness (QED) is 0.565. The van der Waals surface area contributed by atoms with Gasteiger partial charge < -0.3 is 25.2 Å². The summed E-state index contributed by atoms with van der Waals surface area (Å²) in [5, 5.41) is 21.8. The molecule has 10 heteroatoms. The van der Waals surface area contributed by atoms with Crippen molar-refractivity contribution in [1.82, 2.24) is 25.3 Å². The summed E-state index contributed by atoms with van der Waals surface area (Å²) in [6.07, 6.45) is 12.4. The van der Waals surface area contributed by atoms with E-state index in [-0.39, 0.29) is 35.6 Å². The van der Waals surface area contributed by atoms with Gasteiger partial charge in [-0.2, -0.15) is 4.98 Å². The van der Waals surface area contributed by atoms with Crippen molar-refractivity contribution in [2.24, 2.45) is 17.8 Å². The van der Waals surface area contributed by atoms with Crippen molar-refractivity contribution >= 4 is 23.6 Å². The lowest BCUT2D eigenvalue weighted by atomic mass is 9.52. The Hall–Kier alpha value is -3.27. The fraction of sp³-hybridized carbons (Fsp3) is 0.593. The van der Waals surface area contributed by atoms with Crippen molar-refractivity contribution in [3.63, 3.8) is 0 Å². The zero-order valence-electron chi connectivity index (χ0n) is 20.9. The summed E-state index contributed by atoms with van der Waals surface area (Å²) in [4.78, 5) is 35.2. The van der Waals surface area contributed by atoms with Gasteiger partial charge in [0.25, 0.3) is 17.6 Å². The van der Waals surface area contributed by atoms with Crippen molar-refractivity contribution in [3.8, 4) is 11.5 Å². The highest BCUT2D eigenvalue weighted by molar-refractivity contribution is 5.91. The molecule has 10 nitrogen and oxygen atoms in total. The number of aliphatic hydroxyl groups is 1. The first-order valence-corrected chi connectivity index (χ1v) is 13.4. The van der Waals surface area contributed by atoms with E-state index < -0.39 is 5.60 Å². The Bertz CT molecular complexity index is 1290. The van der Waals surface area contributed by atoms with Gasteiger partial charge in [-0.1, -0.05) is 17.3 Å². The minimum atomic E-state index is -0.492. The van der Waals surface area contributed by atoms with Crippen LogP contribution in [-0.4, -0.2) is 67.7 Å². The maximum atomic E-state index is 13.1. The summed E-state index contributed by atoms with van der Waals surface area (Å²) >= 11 is 0. The number of hydrogen-bond acceptors (Lipinski definition) is 8. The largest absolute Gasteiger partial charge is 0.390 e. The summed E-state index contributed by atoms with van der Waals surface area (Å²) in [6, 6.07) is 0.214. The molecular formula is C27H32N6O4. The summed E-state index contributed by atoms with van der Waals surface area (Å²) in [6.45, 7) is 2.44. The molecule has 1 saturated heterocycles. The average Bonchev–Trinajstić information content (AvgIpc) is 3.60. The molecule has 2 aromatic rings. The number of amides is 2. The second-order valence-electron chi connectivity index (χ2n) is 11.7. The maximum absolute atomic E-state index is 13.1. The van der Waals surface area contributed by atoms with Crippen LogP contribution in [0.2, 0.25) is 0 Å². The Morgan fingerprint density at radius 2 is 2.03 bits per heavy atom. The molecule has 3 N–H and O–H groups in total. The molecule has 4 saturated carbocycles. The van der Waals surface area contributed by atoms with Crippen molar-refractivity contribution < 1.29 is 19.2 Å². The van der Waals surface area contributed by atoms with Crippen LogP contribution < -0.4 is 10.6 Å². The first kappa shape index (κ1) is 22.9. The molecule has 6 aliphatic rings. The molecule has 2 amide bonds. The molecule has 5 fully saturated rings. The summed E-state index contributed by atoms with van der Waals surface area (Å²) in [5.41, 5.74) is 3.17. The molecule has 8 rings (SSSR count). The molecule has 0 aromatic carbocycles. The van der Waals surface area contributed by atoms with E-state index in [2.05, 4.69) is 37.9 Å². The normalized spacial score (nSPS) is 33.1. The number of likely N-dealkylation sites (tertiary alicyclic amines) is 1. The van der Waals surface area contributed by atoms with E-state index in [1.54, 1.807) is 11.1 Å². The fourth-order valence-corrected chi connectivity index (χ4v) is 7.81. The molecule has 1 aliphatic heterocycles. The molecule has 194 valence electrons. The fourth-order valence-electron chi connectivity index (χ4n) is 7.81. The lowest BCUT2D eigenvalue weighted by molar-refractivity contribution is -0.129. The third-order valence-electron chi connectivity index (χ3n) is 9.08. The number of nitrogens with one attached hydrogen (secondary N) is 2. The van der Waals surface area contributed by atoms with Gasteiger partial charge in [0.15, 0.2) is 0 Å². The van der Waals surface area contributed by atoms with Crippen LogP contribution in [0, 0.1) is 17.8 Å². The standard InChI is InChI=1S/C27H32N6O4/c1-14(34)29-18-5-6-33(13-18)26(35)24-31-25(37-32-24)20-12-28-21-4-2-3-19(21)23(20)30-22-16-7-15-8-17(22)11-27(36,9-15)10-16/h2-3,12,15-18,22,36H,4-11,13H2,1H3,(H,28,30)(H,29,34)/t15?,16?,17?,18-,22?,27?/m0/s1. The van der Waals surface area contributed by atoms with Gasteiger partial charge in [-0.25, -0.2) is 0 Å². The number of anilines is 1. The number of hydrogen-bond donors (Lipinski definition) is 3. The number of carbonyl (C=O) groups excluding carboxylic acids is 2. The van der Waals surface area contributed by atoms with Gasteiger partial charge in [-0.15, -0.1) is 0 Å². The zero-order chi connectivity index (χ0) is 25.3. The van der Waals surface area contributed by atoms with Gasteiger partial charge in [-0.3, -0.25) is 14.6 Å². The summed E-state index contributed by atoms with van der Waals surface area (Å²) in [7, 11) is 0. The van der Waals surface area contributed by atoms with E-state index in [0.29, 0.717) is 42.8 Å². The van der Waals surface area contributed by atoms with Gasteiger partial charge >= 0.3 is 0 Å². The van der Waals surface area contributed by atoms with Crippen LogP contribution in [0.25, 0.3) is 17.5 Å². The van der Waals surface area contributed by atoms with E-state index in [1.165, 1.54) is 6.92 Å². The molecule has 3 heterocycles.